The molecular formula is C53H39N3. The van der Waals surface area contributed by atoms with E-state index in [1.807, 2.05) is 18.2 Å². The minimum atomic E-state index is -0.512. The molecule has 1 aromatic heterocycles. The van der Waals surface area contributed by atoms with Gasteiger partial charge in [0, 0.05) is 22.6 Å². The van der Waals surface area contributed by atoms with Crippen LogP contribution >= 0.6 is 0 Å². The normalized spacial score (nSPS) is 16.7. The van der Waals surface area contributed by atoms with Crippen LogP contribution in [0.5, 0.6) is 0 Å². The van der Waals surface area contributed by atoms with Gasteiger partial charge in [-0.1, -0.05) is 200 Å². The third kappa shape index (κ3) is 5.80. The summed E-state index contributed by atoms with van der Waals surface area (Å²) in [6, 6.07) is 58.3. The van der Waals surface area contributed by atoms with E-state index in [-0.39, 0.29) is 5.92 Å². The van der Waals surface area contributed by atoms with Crippen molar-refractivity contribution in [1.29, 1.82) is 0 Å². The van der Waals surface area contributed by atoms with Crippen LogP contribution in [0.1, 0.15) is 52.4 Å². The highest BCUT2D eigenvalue weighted by molar-refractivity contribution is 5.91. The van der Waals surface area contributed by atoms with Crippen LogP contribution in [0.25, 0.3) is 45.0 Å². The molecule has 3 nitrogen and oxygen atoms in total. The molecule has 7 aromatic rings. The van der Waals surface area contributed by atoms with Gasteiger partial charge in [-0.25, -0.2) is 15.0 Å². The predicted molar refractivity (Wildman–Crippen MR) is 230 cm³/mol. The molecule has 10 rings (SSSR count). The first kappa shape index (κ1) is 33.6. The quantitative estimate of drug-likeness (QED) is 0.165. The van der Waals surface area contributed by atoms with E-state index < -0.39 is 5.41 Å². The molecule has 6 aromatic carbocycles. The third-order valence-corrected chi connectivity index (χ3v) is 11.5. The Bertz CT molecular complexity index is 2680. The number of allylic oxidation sites excluding steroid dienone is 9. The maximum absolute atomic E-state index is 5.23. The topological polar surface area (TPSA) is 38.7 Å². The maximum Gasteiger partial charge on any atom is 0.164 e. The summed E-state index contributed by atoms with van der Waals surface area (Å²) >= 11 is 0. The first-order chi connectivity index (χ1) is 27.6. The number of hydrogen-bond acceptors (Lipinski definition) is 3. The molecule has 3 aliphatic carbocycles. The molecule has 0 bridgehead atoms. The van der Waals surface area contributed by atoms with E-state index >= 15 is 0 Å². The summed E-state index contributed by atoms with van der Waals surface area (Å²) in [4.78, 5) is 15.5. The SMILES string of the molecule is C=C1C=CC2=C(C1)c1ccc(-c3nc(C4=CCC(c5ccc(-c6ccccc6)cc5)C=C4)nc(-c4ccccc4)n3)cc1C2(c1ccccc1)c1ccccc1. The molecular weight excluding hydrogens is 679 g/mol. The van der Waals surface area contributed by atoms with Gasteiger partial charge < -0.3 is 0 Å². The van der Waals surface area contributed by atoms with Crippen molar-refractivity contribution in [3.8, 4) is 33.9 Å². The van der Waals surface area contributed by atoms with Gasteiger partial charge in [-0.3, -0.25) is 0 Å². The Hall–Kier alpha value is -6.97. The van der Waals surface area contributed by atoms with Crippen molar-refractivity contribution >= 4 is 11.1 Å². The van der Waals surface area contributed by atoms with E-state index in [1.165, 1.54) is 50.1 Å². The molecule has 1 heterocycles. The molecule has 56 heavy (non-hydrogen) atoms. The Kier molecular flexibility index (Phi) is 8.41. The fourth-order valence-corrected chi connectivity index (χ4v) is 8.78. The second-order valence-electron chi connectivity index (χ2n) is 14.8. The van der Waals surface area contributed by atoms with Crippen molar-refractivity contribution in [1.82, 2.24) is 15.0 Å². The minimum absolute atomic E-state index is 0.281. The summed E-state index contributed by atoms with van der Waals surface area (Å²) < 4.78 is 0. The van der Waals surface area contributed by atoms with Gasteiger partial charge in [0.05, 0.1) is 5.41 Å². The maximum atomic E-state index is 5.23. The lowest BCUT2D eigenvalue weighted by molar-refractivity contribution is 0.759. The Morgan fingerprint density at radius 1 is 0.518 bits per heavy atom. The molecule has 0 saturated carbocycles. The van der Waals surface area contributed by atoms with Crippen molar-refractivity contribution in [2.24, 2.45) is 0 Å². The largest absolute Gasteiger partial charge is 0.208 e. The lowest BCUT2D eigenvalue weighted by Gasteiger charge is -2.35. The second kappa shape index (κ2) is 14.0. The molecule has 3 heteroatoms. The monoisotopic (exact) mass is 717 g/mol. The van der Waals surface area contributed by atoms with Crippen LogP contribution in [0.2, 0.25) is 0 Å². The second-order valence-corrected chi connectivity index (χ2v) is 14.8. The zero-order valence-electron chi connectivity index (χ0n) is 31.0. The third-order valence-electron chi connectivity index (χ3n) is 11.5. The molecule has 3 aliphatic rings. The highest BCUT2D eigenvalue weighted by Gasteiger charge is 2.47. The summed E-state index contributed by atoms with van der Waals surface area (Å²) in [7, 11) is 0. The van der Waals surface area contributed by atoms with Gasteiger partial charge in [-0.05, 0) is 69.0 Å². The average molecular weight is 718 g/mol. The summed E-state index contributed by atoms with van der Waals surface area (Å²) in [5.74, 6) is 2.28. The van der Waals surface area contributed by atoms with Crippen LogP contribution in [-0.4, -0.2) is 15.0 Å². The van der Waals surface area contributed by atoms with E-state index in [0.29, 0.717) is 17.5 Å². The van der Waals surface area contributed by atoms with Crippen LogP contribution in [-0.2, 0) is 5.41 Å². The van der Waals surface area contributed by atoms with Crippen LogP contribution in [0.3, 0.4) is 0 Å². The Morgan fingerprint density at radius 2 is 1.07 bits per heavy atom. The Labute approximate surface area is 328 Å². The number of aromatic nitrogens is 3. The highest BCUT2D eigenvalue weighted by atomic mass is 15.0. The van der Waals surface area contributed by atoms with Crippen LogP contribution < -0.4 is 0 Å². The molecule has 1 unspecified atom stereocenters. The minimum Gasteiger partial charge on any atom is -0.208 e. The fourth-order valence-electron chi connectivity index (χ4n) is 8.78. The van der Waals surface area contributed by atoms with Gasteiger partial charge in [-0.15, -0.1) is 0 Å². The average Bonchev–Trinajstić information content (AvgIpc) is 3.57. The van der Waals surface area contributed by atoms with E-state index in [4.69, 9.17) is 15.0 Å². The summed E-state index contributed by atoms with van der Waals surface area (Å²) in [5.41, 5.74) is 14.9. The smallest absolute Gasteiger partial charge is 0.164 e. The predicted octanol–water partition coefficient (Wildman–Crippen LogP) is 12.6. The molecule has 0 N–H and O–H groups in total. The molecule has 0 fully saturated rings. The van der Waals surface area contributed by atoms with Crippen LogP contribution in [0.4, 0.5) is 0 Å². The van der Waals surface area contributed by atoms with Crippen molar-refractivity contribution < 1.29 is 0 Å². The van der Waals surface area contributed by atoms with Gasteiger partial charge in [0.2, 0.25) is 0 Å². The number of nitrogens with zero attached hydrogens (tertiary/aromatic N) is 3. The number of rotatable bonds is 7. The van der Waals surface area contributed by atoms with Crippen LogP contribution in [0.15, 0.2) is 212 Å². The first-order valence-corrected chi connectivity index (χ1v) is 19.4. The van der Waals surface area contributed by atoms with Crippen molar-refractivity contribution in [3.05, 3.63) is 246 Å². The summed E-state index contributed by atoms with van der Waals surface area (Å²) in [6.07, 6.45) is 12.9. The molecule has 266 valence electrons. The van der Waals surface area contributed by atoms with Gasteiger partial charge in [-0.2, -0.15) is 0 Å². The van der Waals surface area contributed by atoms with Crippen molar-refractivity contribution in [2.45, 2.75) is 24.2 Å². The van der Waals surface area contributed by atoms with E-state index in [0.717, 1.165) is 35.1 Å². The van der Waals surface area contributed by atoms with E-state index in [9.17, 15) is 0 Å². The summed E-state index contributed by atoms with van der Waals surface area (Å²) in [5, 5.41) is 0. The zero-order valence-corrected chi connectivity index (χ0v) is 31.0. The Morgan fingerprint density at radius 3 is 1.70 bits per heavy atom. The molecule has 0 amide bonds. The molecule has 0 radical (unpaired) electrons. The molecule has 0 aliphatic heterocycles. The van der Waals surface area contributed by atoms with E-state index in [2.05, 4.69) is 183 Å². The van der Waals surface area contributed by atoms with Gasteiger partial charge >= 0.3 is 0 Å². The molecule has 0 spiro atoms. The van der Waals surface area contributed by atoms with Gasteiger partial charge in [0.15, 0.2) is 17.5 Å². The molecule has 0 saturated heterocycles. The number of hydrogen-bond donors (Lipinski definition) is 0. The van der Waals surface area contributed by atoms with Crippen molar-refractivity contribution in [3.63, 3.8) is 0 Å². The highest BCUT2D eigenvalue weighted by Crippen LogP contribution is 2.57. The lowest BCUT2D eigenvalue weighted by Crippen LogP contribution is -2.29. The zero-order chi connectivity index (χ0) is 37.5. The van der Waals surface area contributed by atoms with E-state index in [1.54, 1.807) is 0 Å². The number of fused-ring (bicyclic) bond motifs is 2. The number of benzene rings is 6. The van der Waals surface area contributed by atoms with Crippen LogP contribution in [0, 0.1) is 0 Å². The Balaban J connectivity index is 1.07. The first-order valence-electron chi connectivity index (χ1n) is 19.4. The van der Waals surface area contributed by atoms with Gasteiger partial charge in [0.1, 0.15) is 0 Å². The molecule has 1 atom stereocenters. The fraction of sp³-hybridized carbons (Fsp3) is 0.0755. The standard InChI is InChI=1S/C53H39N3/c1-36-22-33-48-47(34-36)46-32-31-43(35-49(46)53(48,44-18-10-4-11-19-44)45-20-12-5-13-21-45)52-55-50(41-16-8-3-9-17-41)54-51(56-52)42-29-27-40(28-30-42)39-25-23-38(24-26-39)37-14-6-2-7-15-37/h2-27,29-33,35,40H,1,28,34H2. The van der Waals surface area contributed by atoms with Gasteiger partial charge in [0.25, 0.3) is 0 Å². The summed E-state index contributed by atoms with van der Waals surface area (Å²) in [6.45, 7) is 4.38. The lowest BCUT2D eigenvalue weighted by atomic mass is 9.66. The van der Waals surface area contributed by atoms with Crippen molar-refractivity contribution in [2.75, 3.05) is 0 Å².